The highest BCUT2D eigenvalue weighted by molar-refractivity contribution is 5.71. The molecule has 142 valence electrons. The quantitative estimate of drug-likeness (QED) is 0.195. The van der Waals surface area contributed by atoms with Crippen molar-refractivity contribution in [3.63, 3.8) is 0 Å². The van der Waals surface area contributed by atoms with Gasteiger partial charge in [-0.2, -0.15) is 0 Å². The number of hydrogen-bond donors (Lipinski definition) is 1. The van der Waals surface area contributed by atoms with E-state index >= 15 is 0 Å². The van der Waals surface area contributed by atoms with Gasteiger partial charge in [-0.15, -0.1) is 6.58 Å². The molecular weight excluding hydrogens is 296 g/mol. The number of carboxylic acids is 1. The van der Waals surface area contributed by atoms with Gasteiger partial charge < -0.3 is 5.11 Å². The summed E-state index contributed by atoms with van der Waals surface area (Å²) < 4.78 is 0. The third-order valence-electron chi connectivity index (χ3n) is 4.97. The van der Waals surface area contributed by atoms with Crippen LogP contribution in [0.4, 0.5) is 0 Å². The van der Waals surface area contributed by atoms with E-state index in [9.17, 15) is 4.79 Å². The van der Waals surface area contributed by atoms with Crippen molar-refractivity contribution in [3.8, 4) is 0 Å². The van der Waals surface area contributed by atoms with Crippen molar-refractivity contribution in [1.82, 2.24) is 0 Å². The molecule has 0 saturated heterocycles. The molecule has 1 atom stereocenters. The lowest BCUT2D eigenvalue weighted by Gasteiger charge is -2.06. The zero-order valence-electron chi connectivity index (χ0n) is 16.2. The molecule has 0 radical (unpaired) electrons. The first-order chi connectivity index (χ1) is 11.7. The van der Waals surface area contributed by atoms with Gasteiger partial charge in [0, 0.05) is 0 Å². The van der Waals surface area contributed by atoms with Crippen LogP contribution in [0.5, 0.6) is 0 Å². The van der Waals surface area contributed by atoms with Crippen molar-refractivity contribution in [1.29, 1.82) is 0 Å². The van der Waals surface area contributed by atoms with E-state index in [1.807, 2.05) is 0 Å². The van der Waals surface area contributed by atoms with Crippen molar-refractivity contribution in [2.24, 2.45) is 5.92 Å². The van der Waals surface area contributed by atoms with Gasteiger partial charge in [0.25, 0.3) is 0 Å². The van der Waals surface area contributed by atoms with Gasteiger partial charge in [-0.25, -0.2) is 0 Å². The number of carbonyl (C=O) groups is 1. The lowest BCUT2D eigenvalue weighted by atomic mass is 10.00. The molecule has 0 aromatic rings. The molecule has 0 aliphatic rings. The molecular formula is C22H42O2. The molecule has 0 spiro atoms. The van der Waals surface area contributed by atoms with Gasteiger partial charge >= 0.3 is 5.97 Å². The van der Waals surface area contributed by atoms with Crippen molar-refractivity contribution < 1.29 is 9.90 Å². The Morgan fingerprint density at radius 3 is 1.38 bits per heavy atom. The van der Waals surface area contributed by atoms with Crippen LogP contribution in [0.15, 0.2) is 12.7 Å². The van der Waals surface area contributed by atoms with E-state index in [0.717, 1.165) is 19.3 Å². The molecule has 0 bridgehead atoms. The number of rotatable bonds is 19. The van der Waals surface area contributed by atoms with Crippen LogP contribution in [-0.4, -0.2) is 11.1 Å². The van der Waals surface area contributed by atoms with Gasteiger partial charge in [-0.1, -0.05) is 116 Å². The summed E-state index contributed by atoms with van der Waals surface area (Å²) in [6.07, 6.45) is 23.9. The molecule has 0 aromatic heterocycles. The predicted octanol–water partition coefficient (Wildman–Crippen LogP) is 7.52. The maximum Gasteiger partial charge on any atom is 0.310 e. The molecule has 0 fully saturated rings. The zero-order valence-corrected chi connectivity index (χ0v) is 16.2. The van der Waals surface area contributed by atoms with Gasteiger partial charge in [-0.3, -0.25) is 4.79 Å². The summed E-state index contributed by atoms with van der Waals surface area (Å²) >= 11 is 0. The van der Waals surface area contributed by atoms with Crippen molar-refractivity contribution in [2.75, 3.05) is 0 Å². The Bertz CT molecular complexity index is 286. The summed E-state index contributed by atoms with van der Waals surface area (Å²) in [5.74, 6) is -1.08. The molecule has 0 saturated carbocycles. The first-order valence-corrected chi connectivity index (χ1v) is 10.6. The summed E-state index contributed by atoms with van der Waals surface area (Å²) in [5, 5.41) is 8.93. The minimum atomic E-state index is -0.731. The van der Waals surface area contributed by atoms with Crippen LogP contribution in [0.2, 0.25) is 0 Å². The number of aliphatic carboxylic acids is 1. The molecule has 1 N–H and O–H groups in total. The largest absolute Gasteiger partial charge is 0.481 e. The average Bonchev–Trinajstić information content (AvgIpc) is 2.57. The van der Waals surface area contributed by atoms with E-state index in [0.29, 0.717) is 0 Å². The molecule has 0 aliphatic heterocycles. The Morgan fingerprint density at radius 2 is 1.08 bits per heavy atom. The first kappa shape index (κ1) is 23.2. The highest BCUT2D eigenvalue weighted by Gasteiger charge is 2.11. The van der Waals surface area contributed by atoms with Crippen LogP contribution < -0.4 is 0 Å². The Kier molecular flexibility index (Phi) is 17.9. The van der Waals surface area contributed by atoms with Crippen molar-refractivity contribution >= 4 is 5.97 Å². The molecule has 1 unspecified atom stereocenters. The maximum absolute atomic E-state index is 10.9. The first-order valence-electron chi connectivity index (χ1n) is 10.6. The summed E-state index contributed by atoms with van der Waals surface area (Å²) in [4.78, 5) is 10.9. The van der Waals surface area contributed by atoms with E-state index < -0.39 is 5.97 Å². The fourth-order valence-corrected chi connectivity index (χ4v) is 3.25. The molecule has 0 rings (SSSR count). The summed E-state index contributed by atoms with van der Waals surface area (Å²) in [5.41, 5.74) is 0. The molecule has 2 heteroatoms. The van der Waals surface area contributed by atoms with E-state index in [1.165, 1.54) is 89.9 Å². The van der Waals surface area contributed by atoms with Crippen LogP contribution >= 0.6 is 0 Å². The Labute approximate surface area is 151 Å². The molecule has 0 aliphatic carbocycles. The summed E-state index contributed by atoms with van der Waals surface area (Å²) in [6, 6.07) is 0. The van der Waals surface area contributed by atoms with Gasteiger partial charge in [0.2, 0.25) is 0 Å². The summed E-state index contributed by atoms with van der Waals surface area (Å²) in [7, 11) is 0. The van der Waals surface area contributed by atoms with Crippen LogP contribution in [0, 0.1) is 5.92 Å². The third-order valence-corrected chi connectivity index (χ3v) is 4.97. The molecule has 2 nitrogen and oxygen atoms in total. The van der Waals surface area contributed by atoms with Crippen LogP contribution in [0.1, 0.15) is 116 Å². The molecule has 0 amide bonds. The number of carboxylic acid groups (broad SMARTS) is 1. The Balaban J connectivity index is 3.12. The van der Waals surface area contributed by atoms with Crippen LogP contribution in [0.3, 0.4) is 0 Å². The monoisotopic (exact) mass is 338 g/mol. The third kappa shape index (κ3) is 16.1. The van der Waals surface area contributed by atoms with Crippen molar-refractivity contribution in [3.05, 3.63) is 12.7 Å². The topological polar surface area (TPSA) is 37.3 Å². The zero-order chi connectivity index (χ0) is 17.9. The fraction of sp³-hybridized carbons (Fsp3) is 0.864. The second-order valence-electron chi connectivity index (χ2n) is 7.27. The standard InChI is InChI=1S/C22H42O2/c1-3-5-6-7-8-9-10-11-12-13-14-15-16-17-18-19-20-21(4-2)22(23)24/h4,21H,2-3,5-20H2,1H3,(H,23,24). The minimum absolute atomic E-state index is 0.350. The molecule has 0 heterocycles. The van der Waals surface area contributed by atoms with Gasteiger partial charge in [0.1, 0.15) is 0 Å². The smallest absolute Gasteiger partial charge is 0.310 e. The van der Waals surface area contributed by atoms with E-state index in [-0.39, 0.29) is 5.92 Å². The fourth-order valence-electron chi connectivity index (χ4n) is 3.25. The van der Waals surface area contributed by atoms with Crippen LogP contribution in [-0.2, 0) is 4.79 Å². The average molecular weight is 339 g/mol. The van der Waals surface area contributed by atoms with E-state index in [1.54, 1.807) is 6.08 Å². The maximum atomic E-state index is 10.9. The number of hydrogen-bond acceptors (Lipinski definition) is 1. The SMILES string of the molecule is C=CC(CCCCCCCCCCCCCCCCCC)C(=O)O. The van der Waals surface area contributed by atoms with Gasteiger partial charge in [0.05, 0.1) is 5.92 Å². The minimum Gasteiger partial charge on any atom is -0.481 e. The van der Waals surface area contributed by atoms with Crippen LogP contribution in [0.25, 0.3) is 0 Å². The molecule has 24 heavy (non-hydrogen) atoms. The van der Waals surface area contributed by atoms with E-state index in [2.05, 4.69) is 13.5 Å². The molecule has 0 aromatic carbocycles. The predicted molar refractivity (Wildman–Crippen MR) is 105 cm³/mol. The van der Waals surface area contributed by atoms with Gasteiger partial charge in [-0.05, 0) is 6.42 Å². The normalized spacial score (nSPS) is 12.2. The highest BCUT2D eigenvalue weighted by atomic mass is 16.4. The van der Waals surface area contributed by atoms with Gasteiger partial charge in [0.15, 0.2) is 0 Å². The lowest BCUT2D eigenvalue weighted by molar-refractivity contribution is -0.140. The Morgan fingerprint density at radius 1 is 0.750 bits per heavy atom. The number of unbranched alkanes of at least 4 members (excludes halogenated alkanes) is 15. The Hall–Kier alpha value is -0.790. The van der Waals surface area contributed by atoms with E-state index in [4.69, 9.17) is 5.11 Å². The highest BCUT2D eigenvalue weighted by Crippen LogP contribution is 2.15. The van der Waals surface area contributed by atoms with Crippen molar-refractivity contribution in [2.45, 2.75) is 116 Å². The summed E-state index contributed by atoms with van der Waals surface area (Å²) in [6.45, 7) is 5.87. The lowest BCUT2D eigenvalue weighted by Crippen LogP contribution is -2.10. The second kappa shape index (κ2) is 18.5. The second-order valence-corrected chi connectivity index (χ2v) is 7.27.